The molecular weight excluding hydrogens is 372 g/mol. The van der Waals surface area contributed by atoms with Gasteiger partial charge in [-0.15, -0.1) is 0 Å². The van der Waals surface area contributed by atoms with E-state index >= 15 is 0 Å². The molecule has 1 N–H and O–H groups in total. The smallest absolute Gasteiger partial charge is 0.240 e. The van der Waals surface area contributed by atoms with Crippen LogP contribution in [0, 0.1) is 0 Å². The van der Waals surface area contributed by atoms with Crippen LogP contribution in [0.2, 0.25) is 0 Å². The van der Waals surface area contributed by atoms with Crippen LogP contribution in [0.5, 0.6) is 0 Å². The van der Waals surface area contributed by atoms with Crippen molar-refractivity contribution in [1.29, 1.82) is 0 Å². The van der Waals surface area contributed by atoms with Crippen molar-refractivity contribution in [3.63, 3.8) is 0 Å². The van der Waals surface area contributed by atoms with E-state index in [-0.39, 0.29) is 11.4 Å². The number of imidazole rings is 1. The van der Waals surface area contributed by atoms with Gasteiger partial charge in [0.2, 0.25) is 10.0 Å². The fourth-order valence-electron chi connectivity index (χ4n) is 4.01. The van der Waals surface area contributed by atoms with Gasteiger partial charge in [-0.25, -0.2) is 23.1 Å². The quantitative estimate of drug-likeness (QED) is 0.653. The van der Waals surface area contributed by atoms with E-state index in [1.807, 2.05) is 24.3 Å². The van der Waals surface area contributed by atoms with E-state index in [0.29, 0.717) is 6.04 Å². The number of hydrogen-bond donors (Lipinski definition) is 1. The van der Waals surface area contributed by atoms with Crippen molar-refractivity contribution in [2.24, 2.45) is 0 Å². The Kier molecular flexibility index (Phi) is 5.46. The Labute approximate surface area is 166 Å². The zero-order chi connectivity index (χ0) is 19.6. The van der Waals surface area contributed by atoms with E-state index in [1.54, 1.807) is 18.3 Å². The second kappa shape index (κ2) is 8.01. The van der Waals surface area contributed by atoms with Crippen LogP contribution >= 0.6 is 0 Å². The number of nitrogens with zero attached hydrogens (tertiary/aromatic N) is 3. The van der Waals surface area contributed by atoms with E-state index < -0.39 is 10.0 Å². The molecule has 28 heavy (non-hydrogen) atoms. The highest BCUT2D eigenvalue weighted by Crippen LogP contribution is 2.33. The second-order valence-electron chi connectivity index (χ2n) is 7.40. The van der Waals surface area contributed by atoms with Gasteiger partial charge in [0.25, 0.3) is 0 Å². The van der Waals surface area contributed by atoms with Gasteiger partial charge in [-0.05, 0) is 49.1 Å². The maximum absolute atomic E-state index is 12.8. The summed E-state index contributed by atoms with van der Waals surface area (Å²) in [6.07, 6.45) is 8.30. The Morgan fingerprint density at radius 2 is 1.89 bits per heavy atom. The maximum Gasteiger partial charge on any atom is 0.240 e. The molecule has 148 valence electrons. The van der Waals surface area contributed by atoms with Gasteiger partial charge in [0.05, 0.1) is 11.4 Å². The molecule has 0 bridgehead atoms. The van der Waals surface area contributed by atoms with Crippen LogP contribution in [0.1, 0.15) is 56.5 Å². The van der Waals surface area contributed by atoms with Crippen molar-refractivity contribution < 1.29 is 8.42 Å². The first-order valence-electron chi connectivity index (χ1n) is 9.99. The molecule has 2 heterocycles. The monoisotopic (exact) mass is 398 g/mol. The lowest BCUT2D eigenvalue weighted by molar-refractivity contribution is 0.502. The zero-order valence-corrected chi connectivity index (χ0v) is 17.0. The molecule has 0 spiro atoms. The average molecular weight is 399 g/mol. The molecule has 1 aromatic carbocycles. The van der Waals surface area contributed by atoms with Crippen molar-refractivity contribution in [1.82, 2.24) is 19.3 Å². The molecule has 0 amide bonds. The van der Waals surface area contributed by atoms with Crippen molar-refractivity contribution in [2.45, 2.75) is 62.9 Å². The summed E-state index contributed by atoms with van der Waals surface area (Å²) in [5.41, 5.74) is 2.80. The van der Waals surface area contributed by atoms with Crippen LogP contribution in [0.15, 0.2) is 47.5 Å². The summed E-state index contributed by atoms with van der Waals surface area (Å²) in [7, 11) is -3.59. The Morgan fingerprint density at radius 3 is 2.61 bits per heavy atom. The number of benzene rings is 1. The van der Waals surface area contributed by atoms with Crippen molar-refractivity contribution in [2.75, 3.05) is 0 Å². The van der Waals surface area contributed by atoms with Crippen molar-refractivity contribution >= 4 is 21.2 Å². The Hall–Kier alpha value is -2.25. The highest BCUT2D eigenvalue weighted by molar-refractivity contribution is 7.89. The summed E-state index contributed by atoms with van der Waals surface area (Å²) in [6, 6.07) is 11.3. The largest absolute Gasteiger partial charge is 0.308 e. The number of fused-ring (bicyclic) bond motifs is 1. The van der Waals surface area contributed by atoms with E-state index in [1.165, 1.54) is 12.8 Å². The molecule has 4 rings (SSSR count). The number of aromatic nitrogens is 3. The first-order chi connectivity index (χ1) is 13.6. The maximum atomic E-state index is 12.8. The van der Waals surface area contributed by atoms with Crippen molar-refractivity contribution in [3.8, 4) is 0 Å². The molecule has 1 saturated carbocycles. The highest BCUT2D eigenvalue weighted by Gasteiger charge is 2.24. The third kappa shape index (κ3) is 3.82. The fourth-order valence-corrected chi connectivity index (χ4v) is 4.99. The summed E-state index contributed by atoms with van der Waals surface area (Å²) in [6.45, 7) is 2.27. The number of aryl methyl sites for hydroxylation is 1. The lowest BCUT2D eigenvalue weighted by Crippen LogP contribution is -2.25. The molecule has 0 atom stereocenters. The van der Waals surface area contributed by atoms with Crippen LogP contribution in [-0.4, -0.2) is 23.0 Å². The van der Waals surface area contributed by atoms with E-state index in [0.717, 1.165) is 48.2 Å². The normalized spacial score (nSPS) is 15.5. The predicted octanol–water partition coefficient (Wildman–Crippen LogP) is 3.98. The molecule has 6 nitrogen and oxygen atoms in total. The predicted molar refractivity (Wildman–Crippen MR) is 109 cm³/mol. The van der Waals surface area contributed by atoms with E-state index in [4.69, 9.17) is 0 Å². The summed E-state index contributed by atoms with van der Waals surface area (Å²) < 4.78 is 30.4. The fraction of sp³-hybridized carbons (Fsp3) is 0.429. The number of pyridine rings is 1. The Balaban J connectivity index is 1.58. The lowest BCUT2D eigenvalue weighted by Gasteiger charge is -2.16. The topological polar surface area (TPSA) is 76.9 Å². The molecule has 1 aliphatic carbocycles. The van der Waals surface area contributed by atoms with Crippen LogP contribution in [-0.2, 0) is 23.0 Å². The molecular formula is C21H26N4O2S. The molecule has 2 aromatic heterocycles. The van der Waals surface area contributed by atoms with Crippen LogP contribution < -0.4 is 4.72 Å². The minimum absolute atomic E-state index is 0.159. The van der Waals surface area contributed by atoms with Gasteiger partial charge in [0.1, 0.15) is 11.3 Å². The van der Waals surface area contributed by atoms with Crippen LogP contribution in [0.3, 0.4) is 0 Å². The number of sulfonamides is 1. The Bertz CT molecular complexity index is 1050. The Morgan fingerprint density at radius 1 is 1.14 bits per heavy atom. The van der Waals surface area contributed by atoms with E-state index in [9.17, 15) is 8.42 Å². The van der Waals surface area contributed by atoms with Gasteiger partial charge in [0.15, 0.2) is 5.65 Å². The van der Waals surface area contributed by atoms with E-state index in [2.05, 4.69) is 26.2 Å². The first kappa shape index (κ1) is 19.1. The van der Waals surface area contributed by atoms with Crippen LogP contribution in [0.4, 0.5) is 0 Å². The van der Waals surface area contributed by atoms with Gasteiger partial charge >= 0.3 is 0 Å². The number of rotatable bonds is 7. The average Bonchev–Trinajstić information content (AvgIpc) is 3.34. The SMILES string of the molecule is CCCc1ccc(S(=O)(=O)NCc2nc3cccnc3n2C2CCCC2)cc1. The van der Waals surface area contributed by atoms with Crippen LogP contribution in [0.25, 0.3) is 11.2 Å². The molecule has 0 radical (unpaired) electrons. The number of hydrogen-bond acceptors (Lipinski definition) is 4. The summed E-state index contributed by atoms with van der Waals surface area (Å²) in [5.74, 6) is 0.728. The minimum Gasteiger partial charge on any atom is -0.308 e. The number of nitrogens with one attached hydrogen (secondary N) is 1. The van der Waals surface area contributed by atoms with Gasteiger partial charge < -0.3 is 4.57 Å². The zero-order valence-electron chi connectivity index (χ0n) is 16.1. The van der Waals surface area contributed by atoms with Gasteiger partial charge in [0, 0.05) is 12.2 Å². The highest BCUT2D eigenvalue weighted by atomic mass is 32.2. The van der Waals surface area contributed by atoms with Gasteiger partial charge in [-0.1, -0.05) is 38.3 Å². The molecule has 1 aliphatic rings. The lowest BCUT2D eigenvalue weighted by atomic mass is 10.1. The molecule has 0 saturated heterocycles. The standard InChI is InChI=1S/C21H26N4O2S/c1-2-6-16-10-12-18(13-11-16)28(26,27)23-15-20-24-19-9-5-14-22-21(19)25(20)17-7-3-4-8-17/h5,9-14,17,23H,2-4,6-8,15H2,1H3. The summed E-state index contributed by atoms with van der Waals surface area (Å²) in [4.78, 5) is 9.45. The molecule has 1 fully saturated rings. The second-order valence-corrected chi connectivity index (χ2v) is 9.17. The van der Waals surface area contributed by atoms with Gasteiger partial charge in [-0.3, -0.25) is 0 Å². The van der Waals surface area contributed by atoms with Crippen molar-refractivity contribution in [3.05, 3.63) is 54.0 Å². The third-order valence-corrected chi connectivity index (χ3v) is 6.82. The third-order valence-electron chi connectivity index (χ3n) is 5.40. The molecule has 3 aromatic rings. The summed E-state index contributed by atoms with van der Waals surface area (Å²) >= 11 is 0. The minimum atomic E-state index is -3.59. The first-order valence-corrected chi connectivity index (χ1v) is 11.5. The molecule has 0 aliphatic heterocycles. The van der Waals surface area contributed by atoms with Gasteiger partial charge in [-0.2, -0.15) is 0 Å². The summed E-state index contributed by atoms with van der Waals surface area (Å²) in [5, 5.41) is 0. The molecule has 0 unspecified atom stereocenters. The molecule has 7 heteroatoms.